The first-order valence-corrected chi connectivity index (χ1v) is 5.83. The zero-order chi connectivity index (χ0) is 11.9. The van der Waals surface area contributed by atoms with Crippen LogP contribution in [0.25, 0.3) is 0 Å². The Bertz CT molecular complexity index is 361. The molecule has 4 heteroatoms. The van der Waals surface area contributed by atoms with Crippen molar-refractivity contribution in [3.8, 4) is 0 Å². The molecule has 2 rings (SSSR count). The molecule has 88 valence electrons. The average molecular weight is 223 g/mol. The lowest BCUT2D eigenvalue weighted by atomic mass is 9.72. The molecule has 1 saturated heterocycles. The average Bonchev–Trinajstić information content (AvgIpc) is 2.52. The standard InChI is InChI=1S/C12H17NO3/c1-3-6-5-7(4-2)10-9(12(15)16)8(6)11(14)13-10/h5-6,8-10H,3-4H2,1-2H3,(H,13,14)(H,15,16). The molecule has 0 aromatic carbocycles. The molecule has 2 N–H and O–H groups in total. The maximum Gasteiger partial charge on any atom is 0.309 e. The lowest BCUT2D eigenvalue weighted by Crippen LogP contribution is -2.38. The normalized spacial score (nSPS) is 36.9. The van der Waals surface area contributed by atoms with Gasteiger partial charge in [-0.1, -0.05) is 25.5 Å². The Kier molecular flexibility index (Phi) is 2.74. The number of rotatable bonds is 3. The van der Waals surface area contributed by atoms with Crippen LogP contribution >= 0.6 is 0 Å². The minimum absolute atomic E-state index is 0.0785. The zero-order valence-corrected chi connectivity index (χ0v) is 9.56. The fourth-order valence-corrected chi connectivity index (χ4v) is 2.98. The topological polar surface area (TPSA) is 66.4 Å². The predicted molar refractivity (Wildman–Crippen MR) is 58.7 cm³/mol. The number of allylic oxidation sites excluding steroid dienone is 1. The smallest absolute Gasteiger partial charge is 0.309 e. The van der Waals surface area contributed by atoms with Crippen LogP contribution in [0.4, 0.5) is 0 Å². The maximum absolute atomic E-state index is 11.8. The number of carbonyl (C=O) groups is 2. The number of carboxylic acid groups (broad SMARTS) is 1. The molecular formula is C12H17NO3. The van der Waals surface area contributed by atoms with Crippen LogP contribution in [0.3, 0.4) is 0 Å². The molecule has 1 amide bonds. The highest BCUT2D eigenvalue weighted by Crippen LogP contribution is 2.41. The third-order valence-electron chi connectivity index (χ3n) is 3.80. The summed E-state index contributed by atoms with van der Waals surface area (Å²) in [6.45, 7) is 4.00. The van der Waals surface area contributed by atoms with E-state index in [2.05, 4.69) is 11.4 Å². The van der Waals surface area contributed by atoms with E-state index >= 15 is 0 Å². The van der Waals surface area contributed by atoms with E-state index in [1.54, 1.807) is 0 Å². The molecule has 0 radical (unpaired) electrons. The summed E-state index contributed by atoms with van der Waals surface area (Å²) in [6.07, 6.45) is 3.72. The highest BCUT2D eigenvalue weighted by Gasteiger charge is 2.52. The van der Waals surface area contributed by atoms with Gasteiger partial charge in [-0.15, -0.1) is 0 Å². The second-order valence-electron chi connectivity index (χ2n) is 4.54. The van der Waals surface area contributed by atoms with E-state index in [1.807, 2.05) is 13.8 Å². The summed E-state index contributed by atoms with van der Waals surface area (Å²) in [5.74, 6) is -1.82. The van der Waals surface area contributed by atoms with Crippen molar-refractivity contribution < 1.29 is 14.7 Å². The van der Waals surface area contributed by atoms with Crippen LogP contribution < -0.4 is 5.32 Å². The fourth-order valence-electron chi connectivity index (χ4n) is 2.98. The van der Waals surface area contributed by atoms with Gasteiger partial charge in [-0.05, 0) is 18.8 Å². The van der Waals surface area contributed by atoms with Gasteiger partial charge >= 0.3 is 5.97 Å². The summed E-state index contributed by atoms with van der Waals surface area (Å²) in [4.78, 5) is 23.1. The van der Waals surface area contributed by atoms with Crippen molar-refractivity contribution in [2.45, 2.75) is 32.7 Å². The SMILES string of the molecule is CCC1=CC(CC)C2C(=O)NC1C2C(=O)O. The van der Waals surface area contributed by atoms with Gasteiger partial charge in [-0.25, -0.2) is 0 Å². The third-order valence-corrected chi connectivity index (χ3v) is 3.80. The number of amides is 1. The molecule has 2 bridgehead atoms. The molecule has 1 heterocycles. The second-order valence-corrected chi connectivity index (χ2v) is 4.54. The molecule has 0 spiro atoms. The van der Waals surface area contributed by atoms with Crippen LogP contribution in [0.15, 0.2) is 11.6 Å². The van der Waals surface area contributed by atoms with Crippen LogP contribution in [0.1, 0.15) is 26.7 Å². The van der Waals surface area contributed by atoms with Crippen LogP contribution in [-0.4, -0.2) is 23.0 Å². The minimum Gasteiger partial charge on any atom is -0.481 e. The number of nitrogens with one attached hydrogen (secondary N) is 1. The van der Waals surface area contributed by atoms with Crippen molar-refractivity contribution in [1.82, 2.24) is 5.32 Å². The van der Waals surface area contributed by atoms with E-state index in [9.17, 15) is 14.7 Å². The monoisotopic (exact) mass is 223 g/mol. The Morgan fingerprint density at radius 2 is 2.19 bits per heavy atom. The predicted octanol–water partition coefficient (Wildman–Crippen LogP) is 1.18. The molecule has 1 aliphatic carbocycles. The van der Waals surface area contributed by atoms with Crippen molar-refractivity contribution in [3.05, 3.63) is 11.6 Å². The first-order chi connectivity index (χ1) is 7.60. The van der Waals surface area contributed by atoms with Crippen molar-refractivity contribution in [3.63, 3.8) is 0 Å². The molecule has 0 aromatic heterocycles. The molecule has 16 heavy (non-hydrogen) atoms. The van der Waals surface area contributed by atoms with E-state index in [0.29, 0.717) is 0 Å². The number of fused-ring (bicyclic) bond motifs is 2. The van der Waals surface area contributed by atoms with Gasteiger partial charge in [-0.3, -0.25) is 9.59 Å². The number of aliphatic carboxylic acids is 1. The summed E-state index contributed by atoms with van der Waals surface area (Å²) < 4.78 is 0. The van der Waals surface area contributed by atoms with E-state index in [1.165, 1.54) is 0 Å². The Hall–Kier alpha value is -1.32. The highest BCUT2D eigenvalue weighted by molar-refractivity contribution is 5.91. The van der Waals surface area contributed by atoms with Crippen molar-refractivity contribution in [2.75, 3.05) is 0 Å². The van der Waals surface area contributed by atoms with Crippen LogP contribution in [0.5, 0.6) is 0 Å². The molecule has 0 saturated carbocycles. The number of carbonyl (C=O) groups excluding carboxylic acids is 1. The summed E-state index contributed by atoms with van der Waals surface area (Å²) in [7, 11) is 0. The van der Waals surface area contributed by atoms with E-state index in [0.717, 1.165) is 18.4 Å². The lowest BCUT2D eigenvalue weighted by molar-refractivity contribution is -0.145. The molecule has 1 aliphatic heterocycles. The van der Waals surface area contributed by atoms with Gasteiger partial charge in [0, 0.05) is 0 Å². The first-order valence-electron chi connectivity index (χ1n) is 5.83. The van der Waals surface area contributed by atoms with Gasteiger partial charge in [0.25, 0.3) is 0 Å². The Labute approximate surface area is 94.7 Å². The van der Waals surface area contributed by atoms with Crippen molar-refractivity contribution >= 4 is 11.9 Å². The molecule has 4 atom stereocenters. The molecule has 4 unspecified atom stereocenters. The molecule has 0 aromatic rings. The largest absolute Gasteiger partial charge is 0.481 e. The highest BCUT2D eigenvalue weighted by atomic mass is 16.4. The summed E-state index contributed by atoms with van der Waals surface area (Å²) >= 11 is 0. The summed E-state index contributed by atoms with van der Waals surface area (Å²) in [6, 6.07) is -0.275. The molecular weight excluding hydrogens is 206 g/mol. The van der Waals surface area contributed by atoms with Crippen LogP contribution in [0.2, 0.25) is 0 Å². The fraction of sp³-hybridized carbons (Fsp3) is 0.667. The second kappa shape index (κ2) is 3.92. The molecule has 4 nitrogen and oxygen atoms in total. The van der Waals surface area contributed by atoms with Gasteiger partial charge in [-0.2, -0.15) is 0 Å². The Morgan fingerprint density at radius 1 is 1.50 bits per heavy atom. The van der Waals surface area contributed by atoms with Gasteiger partial charge in [0.1, 0.15) is 0 Å². The van der Waals surface area contributed by atoms with Gasteiger partial charge in [0.15, 0.2) is 0 Å². The molecule has 1 fully saturated rings. The summed E-state index contributed by atoms with van der Waals surface area (Å²) in [5.41, 5.74) is 1.07. The quantitative estimate of drug-likeness (QED) is 0.706. The maximum atomic E-state index is 11.8. The number of hydrogen-bond donors (Lipinski definition) is 2. The first kappa shape index (κ1) is 11.2. The molecule has 2 aliphatic rings. The van der Waals surface area contributed by atoms with Gasteiger partial charge in [0.05, 0.1) is 17.9 Å². The summed E-state index contributed by atoms with van der Waals surface area (Å²) in [5, 5.41) is 12.1. The van der Waals surface area contributed by atoms with E-state index in [-0.39, 0.29) is 23.8 Å². The van der Waals surface area contributed by atoms with Crippen molar-refractivity contribution in [1.29, 1.82) is 0 Å². The number of hydrogen-bond acceptors (Lipinski definition) is 2. The third kappa shape index (κ3) is 1.44. The van der Waals surface area contributed by atoms with Crippen LogP contribution in [0, 0.1) is 17.8 Å². The number of carboxylic acids is 1. The van der Waals surface area contributed by atoms with E-state index in [4.69, 9.17) is 0 Å². The van der Waals surface area contributed by atoms with Crippen LogP contribution in [-0.2, 0) is 9.59 Å². The zero-order valence-electron chi connectivity index (χ0n) is 9.56. The lowest BCUT2D eigenvalue weighted by Gasteiger charge is -2.30. The minimum atomic E-state index is -0.856. The van der Waals surface area contributed by atoms with Gasteiger partial charge in [0.2, 0.25) is 5.91 Å². The Morgan fingerprint density at radius 3 is 2.69 bits per heavy atom. The van der Waals surface area contributed by atoms with E-state index < -0.39 is 11.9 Å². The van der Waals surface area contributed by atoms with Gasteiger partial charge < -0.3 is 10.4 Å². The Balaban J connectivity index is 2.42. The van der Waals surface area contributed by atoms with Crippen molar-refractivity contribution in [2.24, 2.45) is 17.8 Å².